The molecule has 1 saturated heterocycles. The third kappa shape index (κ3) is 3.23. The Hall–Kier alpha value is -2.08. The Kier molecular flexibility index (Phi) is 3.71. The molecule has 1 atom stereocenters. The maximum absolute atomic E-state index is 12.2. The zero-order valence-corrected chi connectivity index (χ0v) is 10.8. The molecule has 6 nitrogen and oxygen atoms in total. The second-order valence-corrected chi connectivity index (χ2v) is 5.01. The lowest BCUT2D eigenvalue weighted by Gasteiger charge is -2.21. The van der Waals surface area contributed by atoms with Gasteiger partial charge in [0, 0.05) is 17.9 Å². The predicted octanol–water partition coefficient (Wildman–Crippen LogP) is 1.12. The Morgan fingerprint density at radius 2 is 2.00 bits per heavy atom. The molecular weight excluding hydrogens is 244 g/mol. The molecule has 3 amide bonds. The van der Waals surface area contributed by atoms with Crippen molar-refractivity contribution in [3.8, 4) is 0 Å². The van der Waals surface area contributed by atoms with Gasteiger partial charge in [-0.05, 0) is 38.1 Å². The largest absolute Gasteiger partial charge is 0.351 e. The minimum absolute atomic E-state index is 0.0197. The monoisotopic (exact) mass is 262 g/mol. The molecule has 0 bridgehead atoms. The number of anilines is 2. The van der Waals surface area contributed by atoms with Crippen LogP contribution >= 0.6 is 0 Å². The minimum atomic E-state index is -0.629. The zero-order chi connectivity index (χ0) is 13.9. The number of nitrogens with two attached hydrogens (primary N) is 1. The summed E-state index contributed by atoms with van der Waals surface area (Å²) < 4.78 is 0. The lowest BCUT2D eigenvalue weighted by Crippen LogP contribution is -2.35. The second-order valence-electron chi connectivity index (χ2n) is 5.01. The van der Waals surface area contributed by atoms with Crippen molar-refractivity contribution in [2.24, 2.45) is 11.1 Å². The first-order valence-electron chi connectivity index (χ1n) is 6.18. The van der Waals surface area contributed by atoms with Gasteiger partial charge in [-0.1, -0.05) is 6.07 Å². The summed E-state index contributed by atoms with van der Waals surface area (Å²) in [5.74, 6) is -0.0197. The fourth-order valence-corrected chi connectivity index (χ4v) is 2.11. The van der Waals surface area contributed by atoms with Crippen LogP contribution in [0.25, 0.3) is 0 Å². The average Bonchev–Trinajstić information content (AvgIpc) is 2.77. The number of nitrogens with one attached hydrogen (secondary N) is 3. The van der Waals surface area contributed by atoms with Crippen molar-refractivity contribution in [1.29, 1.82) is 0 Å². The lowest BCUT2D eigenvalue weighted by molar-refractivity contribution is -0.123. The maximum Gasteiger partial charge on any atom is 0.316 e. The fourth-order valence-electron chi connectivity index (χ4n) is 2.11. The van der Waals surface area contributed by atoms with Crippen LogP contribution in [0.1, 0.15) is 13.3 Å². The summed E-state index contributed by atoms with van der Waals surface area (Å²) in [6.45, 7) is 3.47. The highest BCUT2D eigenvalue weighted by Crippen LogP contribution is 2.26. The highest BCUT2D eigenvalue weighted by molar-refractivity contribution is 5.96. The quantitative estimate of drug-likeness (QED) is 0.657. The number of amides is 3. The van der Waals surface area contributed by atoms with Crippen molar-refractivity contribution in [3.05, 3.63) is 24.3 Å². The summed E-state index contributed by atoms with van der Waals surface area (Å²) in [6, 6.07) is 6.27. The van der Waals surface area contributed by atoms with E-state index in [1.165, 1.54) is 0 Å². The first kappa shape index (κ1) is 13.4. The van der Waals surface area contributed by atoms with E-state index in [2.05, 4.69) is 16.0 Å². The fraction of sp³-hybridized carbons (Fsp3) is 0.385. The first-order valence-corrected chi connectivity index (χ1v) is 6.18. The highest BCUT2D eigenvalue weighted by Gasteiger charge is 2.36. The van der Waals surface area contributed by atoms with Crippen LogP contribution in [-0.4, -0.2) is 25.0 Å². The van der Waals surface area contributed by atoms with Crippen molar-refractivity contribution in [3.63, 3.8) is 0 Å². The molecule has 0 aliphatic carbocycles. The zero-order valence-electron chi connectivity index (χ0n) is 10.8. The molecule has 1 aliphatic rings. The molecule has 1 unspecified atom stereocenters. The van der Waals surface area contributed by atoms with Crippen LogP contribution in [0.3, 0.4) is 0 Å². The average molecular weight is 262 g/mol. The molecule has 6 heteroatoms. The molecule has 1 aliphatic heterocycles. The summed E-state index contributed by atoms with van der Waals surface area (Å²) in [5, 5.41) is 8.52. The number of hydrogen-bond donors (Lipinski definition) is 4. The van der Waals surface area contributed by atoms with Gasteiger partial charge < -0.3 is 21.7 Å². The van der Waals surface area contributed by atoms with Gasteiger partial charge in [-0.3, -0.25) is 4.79 Å². The van der Waals surface area contributed by atoms with Crippen LogP contribution in [-0.2, 0) is 4.79 Å². The second kappa shape index (κ2) is 5.27. The Bertz CT molecular complexity index is 495. The number of hydrogen-bond acceptors (Lipinski definition) is 3. The molecule has 2 rings (SSSR count). The summed E-state index contributed by atoms with van der Waals surface area (Å²) in [4.78, 5) is 23.0. The molecule has 1 fully saturated rings. The number of urea groups is 1. The molecule has 1 aromatic rings. The van der Waals surface area contributed by atoms with Crippen molar-refractivity contribution in [1.82, 2.24) is 5.32 Å². The molecule has 5 N–H and O–H groups in total. The smallest absolute Gasteiger partial charge is 0.316 e. The van der Waals surface area contributed by atoms with Gasteiger partial charge in [-0.25, -0.2) is 4.79 Å². The van der Waals surface area contributed by atoms with Crippen LogP contribution in [0.4, 0.5) is 16.2 Å². The van der Waals surface area contributed by atoms with E-state index in [0.717, 1.165) is 13.0 Å². The number of carbonyl (C=O) groups excluding carboxylic acids is 2. The van der Waals surface area contributed by atoms with Crippen LogP contribution in [0.5, 0.6) is 0 Å². The van der Waals surface area contributed by atoms with Crippen molar-refractivity contribution < 1.29 is 9.59 Å². The van der Waals surface area contributed by atoms with Gasteiger partial charge in [0.1, 0.15) is 0 Å². The van der Waals surface area contributed by atoms with E-state index in [9.17, 15) is 9.59 Å². The molecule has 1 heterocycles. The normalized spacial score (nSPS) is 21.9. The van der Waals surface area contributed by atoms with E-state index < -0.39 is 6.03 Å². The van der Waals surface area contributed by atoms with E-state index in [1.54, 1.807) is 24.3 Å². The standard InChI is InChI=1S/C13H18N4O2/c1-13(5-6-15-8-13)11(18)16-9-3-2-4-10(7-9)17-12(14)19/h2-4,7,15H,5-6,8H2,1H3,(H,16,18)(H3,14,17,19). The number of primary amides is 1. The highest BCUT2D eigenvalue weighted by atomic mass is 16.2. The predicted molar refractivity (Wildman–Crippen MR) is 73.9 cm³/mol. The molecule has 0 aromatic heterocycles. The van der Waals surface area contributed by atoms with E-state index in [4.69, 9.17) is 5.73 Å². The van der Waals surface area contributed by atoms with Gasteiger partial charge in [-0.2, -0.15) is 0 Å². The van der Waals surface area contributed by atoms with Crippen LogP contribution in [0.2, 0.25) is 0 Å². The van der Waals surface area contributed by atoms with Crippen molar-refractivity contribution >= 4 is 23.3 Å². The van der Waals surface area contributed by atoms with Crippen molar-refractivity contribution in [2.75, 3.05) is 23.7 Å². The molecule has 19 heavy (non-hydrogen) atoms. The van der Waals surface area contributed by atoms with E-state index in [-0.39, 0.29) is 11.3 Å². The Labute approximate surface area is 111 Å². The van der Waals surface area contributed by atoms with Gasteiger partial charge in [-0.15, -0.1) is 0 Å². The first-order chi connectivity index (χ1) is 8.99. The van der Waals surface area contributed by atoms with Gasteiger partial charge >= 0.3 is 6.03 Å². The van der Waals surface area contributed by atoms with Crippen LogP contribution < -0.4 is 21.7 Å². The minimum Gasteiger partial charge on any atom is -0.351 e. The Morgan fingerprint density at radius 1 is 1.32 bits per heavy atom. The third-order valence-electron chi connectivity index (χ3n) is 3.30. The Morgan fingerprint density at radius 3 is 2.58 bits per heavy atom. The summed E-state index contributed by atoms with van der Waals surface area (Å²) in [7, 11) is 0. The van der Waals surface area contributed by atoms with Crippen molar-refractivity contribution in [2.45, 2.75) is 13.3 Å². The molecule has 0 spiro atoms. The maximum atomic E-state index is 12.2. The molecular formula is C13H18N4O2. The summed E-state index contributed by atoms with van der Waals surface area (Å²) in [5.41, 5.74) is 5.87. The number of carbonyl (C=O) groups is 2. The van der Waals surface area contributed by atoms with E-state index in [1.807, 2.05) is 6.92 Å². The molecule has 102 valence electrons. The van der Waals surface area contributed by atoms with Gasteiger partial charge in [0.15, 0.2) is 0 Å². The lowest BCUT2D eigenvalue weighted by atomic mass is 9.89. The van der Waals surface area contributed by atoms with Gasteiger partial charge in [0.2, 0.25) is 5.91 Å². The molecule has 0 saturated carbocycles. The topological polar surface area (TPSA) is 96.2 Å². The molecule has 1 aromatic carbocycles. The van der Waals surface area contributed by atoms with E-state index in [0.29, 0.717) is 17.9 Å². The third-order valence-corrected chi connectivity index (χ3v) is 3.30. The van der Waals surface area contributed by atoms with Crippen LogP contribution in [0, 0.1) is 5.41 Å². The van der Waals surface area contributed by atoms with Gasteiger partial charge in [0.25, 0.3) is 0 Å². The Balaban J connectivity index is 2.06. The van der Waals surface area contributed by atoms with Crippen LogP contribution in [0.15, 0.2) is 24.3 Å². The summed E-state index contributed by atoms with van der Waals surface area (Å²) >= 11 is 0. The SMILES string of the molecule is CC1(C(=O)Nc2cccc(NC(N)=O)c2)CCNC1. The van der Waals surface area contributed by atoms with Gasteiger partial charge in [0.05, 0.1) is 5.41 Å². The molecule has 0 radical (unpaired) electrons. The summed E-state index contributed by atoms with van der Waals surface area (Å²) in [6.07, 6.45) is 0.818. The van der Waals surface area contributed by atoms with E-state index >= 15 is 0 Å². The number of rotatable bonds is 3. The number of benzene rings is 1.